The van der Waals surface area contributed by atoms with Crippen LogP contribution in [0.3, 0.4) is 0 Å². The monoisotopic (exact) mass is 603 g/mol. The van der Waals surface area contributed by atoms with Gasteiger partial charge in [-0.2, -0.15) is 0 Å². The van der Waals surface area contributed by atoms with Crippen LogP contribution in [0.4, 0.5) is 10.1 Å². The number of halogens is 2. The molecule has 0 saturated carbocycles. The third-order valence-corrected chi connectivity index (χ3v) is 8.23. The van der Waals surface area contributed by atoms with Gasteiger partial charge in [-0.15, -0.1) is 0 Å². The van der Waals surface area contributed by atoms with Crippen LogP contribution in [0, 0.1) is 5.82 Å². The molecule has 1 N–H and O–H groups in total. The summed E-state index contributed by atoms with van der Waals surface area (Å²) < 4.78 is 47.6. The van der Waals surface area contributed by atoms with Crippen LogP contribution in [0.15, 0.2) is 77.7 Å². The molecular formula is C30H35ClFN3O5S. The molecule has 8 nitrogen and oxygen atoms in total. The van der Waals surface area contributed by atoms with Gasteiger partial charge in [0.2, 0.25) is 11.8 Å². The van der Waals surface area contributed by atoms with Gasteiger partial charge in [0.25, 0.3) is 10.0 Å². The van der Waals surface area contributed by atoms with Crippen LogP contribution in [0.25, 0.3) is 0 Å². The van der Waals surface area contributed by atoms with Crippen LogP contribution in [0.5, 0.6) is 5.75 Å². The number of anilines is 1. The molecule has 0 aliphatic carbocycles. The molecule has 3 aromatic carbocycles. The van der Waals surface area contributed by atoms with Gasteiger partial charge in [-0.1, -0.05) is 30.7 Å². The lowest BCUT2D eigenvalue weighted by Crippen LogP contribution is -2.55. The highest BCUT2D eigenvalue weighted by molar-refractivity contribution is 7.92. The van der Waals surface area contributed by atoms with Gasteiger partial charge in [-0.05, 0) is 93.4 Å². The topological polar surface area (TPSA) is 96.0 Å². The van der Waals surface area contributed by atoms with Crippen molar-refractivity contribution in [2.45, 2.75) is 57.1 Å². The molecule has 41 heavy (non-hydrogen) atoms. The molecule has 0 saturated heterocycles. The highest BCUT2D eigenvalue weighted by atomic mass is 35.5. The van der Waals surface area contributed by atoms with E-state index >= 15 is 0 Å². The first-order valence-corrected chi connectivity index (χ1v) is 14.8. The third-order valence-electron chi connectivity index (χ3n) is 6.19. The van der Waals surface area contributed by atoms with Crippen LogP contribution >= 0.6 is 11.6 Å². The molecule has 0 spiro atoms. The molecule has 0 heterocycles. The zero-order chi connectivity index (χ0) is 30.4. The second-order valence-electron chi connectivity index (χ2n) is 10.5. The molecule has 220 valence electrons. The maximum Gasteiger partial charge on any atom is 0.264 e. The van der Waals surface area contributed by atoms with E-state index in [1.54, 1.807) is 31.2 Å². The first-order valence-electron chi connectivity index (χ1n) is 13.0. The van der Waals surface area contributed by atoms with Crippen LogP contribution in [-0.2, 0) is 26.2 Å². The lowest BCUT2D eigenvalue weighted by Gasteiger charge is -2.34. The minimum absolute atomic E-state index is 0.0336. The van der Waals surface area contributed by atoms with E-state index in [-0.39, 0.29) is 29.5 Å². The molecule has 0 aliphatic heterocycles. The van der Waals surface area contributed by atoms with Gasteiger partial charge >= 0.3 is 0 Å². The zero-order valence-electron chi connectivity index (χ0n) is 23.7. The average molecular weight is 604 g/mol. The van der Waals surface area contributed by atoms with Gasteiger partial charge in [0.05, 0.1) is 17.7 Å². The summed E-state index contributed by atoms with van der Waals surface area (Å²) in [6, 6.07) is 16.5. The van der Waals surface area contributed by atoms with Crippen molar-refractivity contribution in [2.75, 3.05) is 18.0 Å². The van der Waals surface area contributed by atoms with Gasteiger partial charge in [0.1, 0.15) is 24.2 Å². The van der Waals surface area contributed by atoms with Crippen molar-refractivity contribution in [3.05, 3.63) is 89.2 Å². The Morgan fingerprint density at radius 1 is 0.976 bits per heavy atom. The van der Waals surface area contributed by atoms with Crippen molar-refractivity contribution in [2.24, 2.45) is 0 Å². The standard InChI is InChI=1S/C30H35ClFN3O5S/c1-6-27(29(37)33-30(2,3)4)34(19-21-7-9-22(31)10-8-21)28(36)20-35(24-13-11-23(32)12-14-24)41(38,39)26-17-15-25(40-5)16-18-26/h7-18,27H,6,19-20H2,1-5H3,(H,33,37)/t27-/m1/s1. The average Bonchev–Trinajstić information content (AvgIpc) is 2.92. The van der Waals surface area contributed by atoms with Crippen LogP contribution in [0.2, 0.25) is 5.02 Å². The Hall–Kier alpha value is -3.63. The van der Waals surface area contributed by atoms with E-state index < -0.39 is 39.9 Å². The summed E-state index contributed by atoms with van der Waals surface area (Å²) >= 11 is 6.05. The van der Waals surface area contributed by atoms with Gasteiger partial charge in [-0.3, -0.25) is 13.9 Å². The van der Waals surface area contributed by atoms with E-state index in [2.05, 4.69) is 5.32 Å². The van der Waals surface area contributed by atoms with E-state index in [4.69, 9.17) is 16.3 Å². The summed E-state index contributed by atoms with van der Waals surface area (Å²) in [6.07, 6.45) is 0.281. The Balaban J connectivity index is 2.06. The van der Waals surface area contributed by atoms with E-state index in [1.807, 2.05) is 20.8 Å². The van der Waals surface area contributed by atoms with Gasteiger partial charge in [0.15, 0.2) is 0 Å². The maximum absolute atomic E-state index is 14.0. The number of nitrogens with zero attached hydrogens (tertiary/aromatic N) is 2. The number of hydrogen-bond donors (Lipinski definition) is 1. The SMILES string of the molecule is CC[C@H](C(=O)NC(C)(C)C)N(Cc1ccc(Cl)cc1)C(=O)CN(c1ccc(F)cc1)S(=O)(=O)c1ccc(OC)cc1. The molecule has 3 aromatic rings. The predicted octanol–water partition coefficient (Wildman–Crippen LogP) is 5.41. The first kappa shape index (κ1) is 31.9. The Bertz CT molecular complexity index is 1440. The second-order valence-corrected chi connectivity index (χ2v) is 12.8. The summed E-state index contributed by atoms with van der Waals surface area (Å²) in [5.41, 5.74) is 0.238. The van der Waals surface area contributed by atoms with Gasteiger partial charge in [0, 0.05) is 17.1 Å². The normalized spacial score (nSPS) is 12.4. The van der Waals surface area contributed by atoms with E-state index in [1.165, 1.54) is 48.4 Å². The summed E-state index contributed by atoms with van der Waals surface area (Å²) in [7, 11) is -2.83. The lowest BCUT2D eigenvalue weighted by atomic mass is 10.1. The summed E-state index contributed by atoms with van der Waals surface area (Å²) in [5, 5.41) is 3.43. The third kappa shape index (κ3) is 8.43. The Morgan fingerprint density at radius 2 is 1.56 bits per heavy atom. The van der Waals surface area contributed by atoms with Crippen LogP contribution in [-0.4, -0.2) is 50.4 Å². The van der Waals surface area contributed by atoms with E-state index in [0.29, 0.717) is 16.3 Å². The number of benzene rings is 3. The van der Waals surface area contributed by atoms with E-state index in [0.717, 1.165) is 16.4 Å². The second kappa shape index (κ2) is 13.4. The molecule has 0 bridgehead atoms. The molecule has 0 aromatic heterocycles. The number of nitrogens with one attached hydrogen (secondary N) is 1. The number of carbonyl (C=O) groups excluding carboxylic acids is 2. The fraction of sp³-hybridized carbons (Fsp3) is 0.333. The maximum atomic E-state index is 14.0. The van der Waals surface area contributed by atoms with Crippen molar-refractivity contribution in [3.8, 4) is 5.75 Å². The van der Waals surface area contributed by atoms with Gasteiger partial charge in [-0.25, -0.2) is 12.8 Å². The molecule has 0 unspecified atom stereocenters. The first-order chi connectivity index (χ1) is 19.2. The fourth-order valence-electron chi connectivity index (χ4n) is 4.17. The Morgan fingerprint density at radius 3 is 2.07 bits per heavy atom. The van der Waals surface area contributed by atoms with Crippen LogP contribution < -0.4 is 14.4 Å². The minimum atomic E-state index is -4.29. The number of hydrogen-bond acceptors (Lipinski definition) is 5. The summed E-state index contributed by atoms with van der Waals surface area (Å²) in [5.74, 6) is -1.08. The van der Waals surface area contributed by atoms with Crippen LogP contribution in [0.1, 0.15) is 39.7 Å². The quantitative estimate of drug-likeness (QED) is 0.316. The minimum Gasteiger partial charge on any atom is -0.497 e. The van der Waals surface area contributed by atoms with Crippen molar-refractivity contribution >= 4 is 39.1 Å². The molecule has 2 amide bonds. The predicted molar refractivity (Wildman–Crippen MR) is 158 cm³/mol. The smallest absolute Gasteiger partial charge is 0.264 e. The Kier molecular flexibility index (Phi) is 10.4. The van der Waals surface area contributed by atoms with Crippen molar-refractivity contribution in [3.63, 3.8) is 0 Å². The number of ether oxygens (including phenoxy) is 1. The van der Waals surface area contributed by atoms with E-state index in [9.17, 15) is 22.4 Å². The Labute approximate surface area is 246 Å². The molecule has 0 fully saturated rings. The van der Waals surface area contributed by atoms with Crippen molar-refractivity contribution in [1.82, 2.24) is 10.2 Å². The molecule has 11 heteroatoms. The molecule has 0 radical (unpaired) electrons. The zero-order valence-corrected chi connectivity index (χ0v) is 25.3. The number of methoxy groups -OCH3 is 1. The van der Waals surface area contributed by atoms with Crippen molar-refractivity contribution < 1.29 is 27.1 Å². The molecular weight excluding hydrogens is 569 g/mol. The van der Waals surface area contributed by atoms with Crippen molar-refractivity contribution in [1.29, 1.82) is 0 Å². The van der Waals surface area contributed by atoms with Gasteiger partial charge < -0.3 is 15.0 Å². The fourth-order valence-corrected chi connectivity index (χ4v) is 5.71. The number of rotatable bonds is 11. The highest BCUT2D eigenvalue weighted by Crippen LogP contribution is 2.26. The molecule has 1 atom stereocenters. The largest absolute Gasteiger partial charge is 0.497 e. The number of carbonyl (C=O) groups is 2. The summed E-state index contributed by atoms with van der Waals surface area (Å²) in [6.45, 7) is 6.68. The number of sulfonamides is 1. The lowest BCUT2D eigenvalue weighted by molar-refractivity contribution is -0.141. The summed E-state index contributed by atoms with van der Waals surface area (Å²) in [4.78, 5) is 28.7. The molecule has 3 rings (SSSR count). The highest BCUT2D eigenvalue weighted by Gasteiger charge is 2.34. The molecule has 0 aliphatic rings. The number of amides is 2.